The first-order valence-corrected chi connectivity index (χ1v) is 7.29. The molecular formula is C16H22N2O3. The largest absolute Gasteiger partial charge is 0.481 e. The van der Waals surface area contributed by atoms with Gasteiger partial charge < -0.3 is 15.3 Å². The average molecular weight is 290 g/mol. The third kappa shape index (κ3) is 3.97. The molecule has 21 heavy (non-hydrogen) atoms. The number of nitrogens with zero attached hydrogens (tertiary/aromatic N) is 1. The molecule has 0 aromatic heterocycles. The Morgan fingerprint density at radius 1 is 1.24 bits per heavy atom. The molecule has 5 heteroatoms. The lowest BCUT2D eigenvalue weighted by atomic mass is 10.0. The summed E-state index contributed by atoms with van der Waals surface area (Å²) in [6.07, 6.45) is -0.116. The smallest absolute Gasteiger partial charge is 0.317 e. The SMILES string of the molecule is CC1CN(C(=O)NC(CC(=O)O)c2ccccc2)CC1C. The molecule has 1 aromatic rings. The van der Waals surface area contributed by atoms with E-state index < -0.39 is 12.0 Å². The summed E-state index contributed by atoms with van der Waals surface area (Å²) in [5, 5.41) is 11.9. The van der Waals surface area contributed by atoms with Crippen LogP contribution in [0.2, 0.25) is 0 Å². The Morgan fingerprint density at radius 2 is 1.81 bits per heavy atom. The van der Waals surface area contributed by atoms with Crippen molar-refractivity contribution < 1.29 is 14.7 Å². The summed E-state index contributed by atoms with van der Waals surface area (Å²) in [7, 11) is 0. The molecule has 1 aromatic carbocycles. The van der Waals surface area contributed by atoms with Crippen molar-refractivity contribution in [3.8, 4) is 0 Å². The fourth-order valence-corrected chi connectivity index (χ4v) is 2.65. The fraction of sp³-hybridized carbons (Fsp3) is 0.500. The van der Waals surface area contributed by atoms with E-state index in [-0.39, 0.29) is 12.5 Å². The van der Waals surface area contributed by atoms with Crippen molar-refractivity contribution >= 4 is 12.0 Å². The van der Waals surface area contributed by atoms with Crippen molar-refractivity contribution in [2.75, 3.05) is 13.1 Å². The van der Waals surface area contributed by atoms with E-state index in [1.807, 2.05) is 30.3 Å². The molecule has 1 aliphatic heterocycles. The van der Waals surface area contributed by atoms with Crippen LogP contribution < -0.4 is 5.32 Å². The number of likely N-dealkylation sites (tertiary alicyclic amines) is 1. The first-order chi connectivity index (χ1) is 9.97. The molecule has 0 spiro atoms. The number of nitrogens with one attached hydrogen (secondary N) is 1. The van der Waals surface area contributed by atoms with E-state index in [0.717, 1.165) is 18.7 Å². The molecule has 3 atom stereocenters. The Bertz CT molecular complexity index is 494. The van der Waals surface area contributed by atoms with Crippen LogP contribution >= 0.6 is 0 Å². The van der Waals surface area contributed by atoms with Gasteiger partial charge in [0, 0.05) is 13.1 Å². The van der Waals surface area contributed by atoms with Gasteiger partial charge in [-0.1, -0.05) is 44.2 Å². The molecule has 2 rings (SSSR count). The molecule has 1 saturated heterocycles. The van der Waals surface area contributed by atoms with E-state index in [4.69, 9.17) is 5.11 Å². The van der Waals surface area contributed by atoms with Crippen molar-refractivity contribution in [3.63, 3.8) is 0 Å². The lowest BCUT2D eigenvalue weighted by molar-refractivity contribution is -0.137. The number of rotatable bonds is 4. The number of aliphatic carboxylic acids is 1. The number of amides is 2. The minimum Gasteiger partial charge on any atom is -0.481 e. The minimum absolute atomic E-state index is 0.116. The molecule has 0 bridgehead atoms. The van der Waals surface area contributed by atoms with Crippen molar-refractivity contribution in [2.45, 2.75) is 26.3 Å². The van der Waals surface area contributed by atoms with Gasteiger partial charge in [-0.25, -0.2) is 4.79 Å². The zero-order valence-electron chi connectivity index (χ0n) is 12.5. The molecule has 1 aliphatic rings. The lowest BCUT2D eigenvalue weighted by Gasteiger charge is -2.23. The standard InChI is InChI=1S/C16H22N2O3/c1-11-9-18(10-12(11)2)16(21)17-14(8-15(19)20)13-6-4-3-5-7-13/h3-7,11-12,14H,8-10H2,1-2H3,(H,17,21)(H,19,20). The predicted molar refractivity (Wildman–Crippen MR) is 79.9 cm³/mol. The van der Waals surface area contributed by atoms with Crippen molar-refractivity contribution in [1.82, 2.24) is 10.2 Å². The van der Waals surface area contributed by atoms with E-state index in [2.05, 4.69) is 19.2 Å². The van der Waals surface area contributed by atoms with Gasteiger partial charge in [0.1, 0.15) is 0 Å². The summed E-state index contributed by atoms with van der Waals surface area (Å²) in [5.41, 5.74) is 0.813. The first-order valence-electron chi connectivity index (χ1n) is 7.29. The van der Waals surface area contributed by atoms with Crippen LogP contribution in [-0.4, -0.2) is 35.1 Å². The van der Waals surface area contributed by atoms with Crippen LogP contribution in [0.1, 0.15) is 31.9 Å². The monoisotopic (exact) mass is 290 g/mol. The Hall–Kier alpha value is -2.04. The molecule has 1 fully saturated rings. The van der Waals surface area contributed by atoms with Crippen LogP contribution in [0.4, 0.5) is 4.79 Å². The number of benzene rings is 1. The molecule has 2 N–H and O–H groups in total. The zero-order valence-corrected chi connectivity index (χ0v) is 12.5. The van der Waals surface area contributed by atoms with Gasteiger partial charge in [-0.3, -0.25) is 4.79 Å². The van der Waals surface area contributed by atoms with Gasteiger partial charge in [0.2, 0.25) is 0 Å². The second-order valence-corrected chi connectivity index (χ2v) is 5.87. The number of carbonyl (C=O) groups is 2. The Balaban J connectivity index is 2.05. The molecule has 0 saturated carbocycles. The molecule has 5 nitrogen and oxygen atoms in total. The highest BCUT2D eigenvalue weighted by Crippen LogP contribution is 2.23. The Labute approximate surface area is 125 Å². The Kier molecular flexibility index (Phi) is 4.83. The van der Waals surface area contributed by atoms with Crippen LogP contribution in [-0.2, 0) is 4.79 Å². The highest BCUT2D eigenvalue weighted by Gasteiger charge is 2.30. The third-order valence-electron chi connectivity index (χ3n) is 4.15. The number of carboxylic acids is 1. The van der Waals surface area contributed by atoms with Crippen molar-refractivity contribution in [2.24, 2.45) is 11.8 Å². The normalized spacial score (nSPS) is 22.9. The highest BCUT2D eigenvalue weighted by atomic mass is 16.4. The minimum atomic E-state index is -0.924. The summed E-state index contributed by atoms with van der Waals surface area (Å²) >= 11 is 0. The van der Waals surface area contributed by atoms with Crippen LogP contribution in [0.25, 0.3) is 0 Å². The second kappa shape index (κ2) is 6.61. The van der Waals surface area contributed by atoms with E-state index in [1.54, 1.807) is 4.90 Å². The summed E-state index contributed by atoms with van der Waals surface area (Å²) in [6.45, 7) is 5.71. The van der Waals surface area contributed by atoms with Gasteiger partial charge in [0.05, 0.1) is 12.5 Å². The second-order valence-electron chi connectivity index (χ2n) is 5.87. The molecule has 1 heterocycles. The van der Waals surface area contributed by atoms with E-state index in [9.17, 15) is 9.59 Å². The Morgan fingerprint density at radius 3 is 2.33 bits per heavy atom. The molecular weight excluding hydrogens is 268 g/mol. The van der Waals surface area contributed by atoms with E-state index >= 15 is 0 Å². The number of carboxylic acid groups (broad SMARTS) is 1. The summed E-state index contributed by atoms with van der Waals surface area (Å²) < 4.78 is 0. The molecule has 0 radical (unpaired) electrons. The number of hydrogen-bond acceptors (Lipinski definition) is 2. The van der Waals surface area contributed by atoms with E-state index in [0.29, 0.717) is 11.8 Å². The molecule has 0 aliphatic carbocycles. The summed E-state index contributed by atoms with van der Waals surface area (Å²) in [6, 6.07) is 8.55. The van der Waals surface area contributed by atoms with Gasteiger partial charge in [-0.15, -0.1) is 0 Å². The maximum atomic E-state index is 12.3. The highest BCUT2D eigenvalue weighted by molar-refractivity contribution is 5.76. The lowest BCUT2D eigenvalue weighted by Crippen LogP contribution is -2.41. The summed E-state index contributed by atoms with van der Waals surface area (Å²) in [4.78, 5) is 25.1. The van der Waals surface area contributed by atoms with Gasteiger partial charge in [-0.2, -0.15) is 0 Å². The summed E-state index contributed by atoms with van der Waals surface area (Å²) in [5.74, 6) is 0.0307. The fourth-order valence-electron chi connectivity index (χ4n) is 2.65. The quantitative estimate of drug-likeness (QED) is 0.895. The van der Waals surface area contributed by atoms with Crippen LogP contribution in [0.15, 0.2) is 30.3 Å². The maximum absolute atomic E-state index is 12.3. The van der Waals surface area contributed by atoms with Crippen molar-refractivity contribution in [3.05, 3.63) is 35.9 Å². The number of hydrogen-bond donors (Lipinski definition) is 2. The molecule has 3 unspecified atom stereocenters. The topological polar surface area (TPSA) is 69.6 Å². The van der Waals surface area contributed by atoms with Gasteiger partial charge in [0.25, 0.3) is 0 Å². The van der Waals surface area contributed by atoms with Gasteiger partial charge >= 0.3 is 12.0 Å². The van der Waals surface area contributed by atoms with Gasteiger partial charge in [0.15, 0.2) is 0 Å². The zero-order chi connectivity index (χ0) is 15.4. The van der Waals surface area contributed by atoms with Crippen LogP contribution in [0.5, 0.6) is 0 Å². The third-order valence-corrected chi connectivity index (χ3v) is 4.15. The molecule has 2 amide bonds. The van der Waals surface area contributed by atoms with Crippen LogP contribution in [0, 0.1) is 11.8 Å². The first kappa shape index (κ1) is 15.4. The molecule has 114 valence electrons. The van der Waals surface area contributed by atoms with E-state index in [1.165, 1.54) is 0 Å². The predicted octanol–water partition coefficient (Wildman–Crippen LogP) is 2.50. The van der Waals surface area contributed by atoms with Crippen molar-refractivity contribution in [1.29, 1.82) is 0 Å². The maximum Gasteiger partial charge on any atom is 0.317 e. The number of carbonyl (C=O) groups excluding carboxylic acids is 1. The average Bonchev–Trinajstić information content (AvgIpc) is 2.78. The van der Waals surface area contributed by atoms with Gasteiger partial charge in [-0.05, 0) is 17.4 Å². The van der Waals surface area contributed by atoms with Crippen LogP contribution in [0.3, 0.4) is 0 Å². The number of urea groups is 1.